The predicted octanol–water partition coefficient (Wildman–Crippen LogP) is -2.33. The Kier molecular flexibility index (Phi) is 283. The minimum Gasteiger partial charge on any atom is -1.00 e. The molecule has 0 heterocycles. The van der Waals surface area contributed by atoms with Crippen LogP contribution in [-0.2, 0) is 49.8 Å². The number of rotatable bonds is 0. The van der Waals surface area contributed by atoms with Crippen molar-refractivity contribution < 1.29 is 96.6 Å². The zero-order valence-corrected chi connectivity index (χ0v) is 22.7. The van der Waals surface area contributed by atoms with Gasteiger partial charge < -0.3 is 11.2 Å². The number of hydrogen-bond acceptors (Lipinski definition) is 0. The van der Waals surface area contributed by atoms with Gasteiger partial charge in [-0.05, 0) is 0 Å². The van der Waals surface area contributed by atoms with Crippen LogP contribution in [-0.4, -0.2) is 115 Å². The van der Waals surface area contributed by atoms with Crippen LogP contribution in [0, 0.1) is 35.6 Å². The summed E-state index contributed by atoms with van der Waals surface area (Å²) in [6.45, 7) is 0. The van der Waals surface area contributed by atoms with Gasteiger partial charge in [0.05, 0.1) is 0 Å². The van der Waals surface area contributed by atoms with Crippen LogP contribution in [0.1, 0.15) is 5.71 Å². The van der Waals surface area contributed by atoms with E-state index in [1.165, 1.54) is 0 Å². The van der Waals surface area contributed by atoms with E-state index in [2.05, 4.69) is 0 Å². The standard InChI is InChI=1S/Bi.Ca.Cu.La.H2O.Sr.Y.7H/h;;;;1H2;;;;;;;;;/q;+2;;;;+2;;;;;4*-1. The van der Waals surface area contributed by atoms with Gasteiger partial charge in [-0.3, -0.25) is 0 Å². The first kappa shape index (κ1) is 50.3. The molecule has 7 heavy (non-hydrogen) atoms. The maximum atomic E-state index is 0. The Morgan fingerprint density at radius 3 is 1.14 bits per heavy atom. The van der Waals surface area contributed by atoms with Gasteiger partial charge in [-0.25, -0.2) is 0 Å². The van der Waals surface area contributed by atoms with Gasteiger partial charge >= 0.3 is 109 Å². The topological polar surface area (TPSA) is 31.5 Å². The second kappa shape index (κ2) is 39.3. The van der Waals surface area contributed by atoms with Gasteiger partial charge in [0.2, 0.25) is 0 Å². The van der Waals surface area contributed by atoms with E-state index in [9.17, 15) is 0 Å². The summed E-state index contributed by atoms with van der Waals surface area (Å²) < 4.78 is 0. The molecule has 0 amide bonds. The van der Waals surface area contributed by atoms with Gasteiger partial charge in [-0.2, -0.15) is 0 Å². The molecule has 0 unspecified atom stereocenters. The minimum atomic E-state index is 0. The van der Waals surface area contributed by atoms with Crippen molar-refractivity contribution in [1.29, 1.82) is 0 Å². The Morgan fingerprint density at radius 2 is 1.14 bits per heavy atom. The average Bonchev–Trinajstić information content (AvgIpc) is 0. The Balaban J connectivity index is 0. The Morgan fingerprint density at radius 1 is 1.14 bits per heavy atom. The van der Waals surface area contributed by atoms with Crippen LogP contribution in [0.25, 0.3) is 0 Å². The van der Waals surface area contributed by atoms with E-state index in [0.717, 1.165) is 0 Å². The first-order valence-electron chi connectivity index (χ1n) is 0. The molecule has 0 spiro atoms. The van der Waals surface area contributed by atoms with E-state index in [1.54, 1.807) is 0 Å². The molecule has 0 aliphatic heterocycles. The smallest absolute Gasteiger partial charge is 1.00 e. The molecular formula is H9BiCaCuLaOSrY. The molecule has 3 radical (unpaired) electrons. The van der Waals surface area contributed by atoms with Crippen molar-refractivity contribution in [2.75, 3.05) is 0 Å². The summed E-state index contributed by atoms with van der Waals surface area (Å²) in [6.07, 6.45) is 0. The molecule has 7 heteroatoms. The minimum absolute atomic E-state index is 0. The zero-order chi connectivity index (χ0) is 0. The van der Waals surface area contributed by atoms with E-state index < -0.39 is 0 Å². The van der Waals surface area contributed by atoms with Crippen LogP contribution in [0.3, 0.4) is 0 Å². The van der Waals surface area contributed by atoms with Gasteiger partial charge in [0.25, 0.3) is 0 Å². The SMILES string of the molecule is O.[BiH3].[Ca+2].[Cu].[H-].[H-].[H-].[H-].[La].[Sr+2].[Y]. The third-order valence-corrected chi connectivity index (χ3v) is 0. The summed E-state index contributed by atoms with van der Waals surface area (Å²) in [5, 5.41) is 0. The van der Waals surface area contributed by atoms with Crippen molar-refractivity contribution in [3.8, 4) is 0 Å². The summed E-state index contributed by atoms with van der Waals surface area (Å²) in [7, 11) is 0. The fourth-order valence-electron chi connectivity index (χ4n) is 0. The van der Waals surface area contributed by atoms with Crippen molar-refractivity contribution in [3.63, 3.8) is 0 Å². The second-order valence-corrected chi connectivity index (χ2v) is 0. The van der Waals surface area contributed by atoms with Crippen molar-refractivity contribution in [2.24, 2.45) is 0 Å². The average molecular weight is 653 g/mol. The van der Waals surface area contributed by atoms with Crippen molar-refractivity contribution in [2.45, 2.75) is 0 Å². The maximum Gasteiger partial charge on any atom is 2.00 e. The van der Waals surface area contributed by atoms with E-state index in [-0.39, 0.29) is 206 Å². The third kappa shape index (κ3) is 32.7. The van der Waals surface area contributed by atoms with Gasteiger partial charge in [0.15, 0.2) is 0 Å². The monoisotopic (exact) mass is 653 g/mol. The van der Waals surface area contributed by atoms with Gasteiger partial charge in [-0.15, -0.1) is 0 Å². The first-order valence-corrected chi connectivity index (χ1v) is 0. The van der Waals surface area contributed by atoms with Crippen LogP contribution in [0.5, 0.6) is 0 Å². The van der Waals surface area contributed by atoms with Crippen molar-refractivity contribution >= 4 is 109 Å². The molecule has 2 N–H and O–H groups in total. The largest absolute Gasteiger partial charge is 2.00 e. The van der Waals surface area contributed by atoms with Crippen LogP contribution in [0.4, 0.5) is 0 Å². The van der Waals surface area contributed by atoms with Crippen LogP contribution in [0.2, 0.25) is 0 Å². The molecular weight excluding hydrogens is 644 g/mol. The molecule has 0 aliphatic rings. The molecule has 0 aromatic heterocycles. The molecule has 1 nitrogen and oxygen atoms in total. The fourth-order valence-corrected chi connectivity index (χ4v) is 0. The zero-order valence-electron chi connectivity index (χ0n) is 8.08. The molecule has 41 valence electrons. The van der Waals surface area contributed by atoms with Crippen LogP contribution < -0.4 is 0 Å². The summed E-state index contributed by atoms with van der Waals surface area (Å²) in [6, 6.07) is 0. The Labute approximate surface area is 200 Å². The van der Waals surface area contributed by atoms with Crippen LogP contribution in [0.15, 0.2) is 0 Å². The second-order valence-electron chi connectivity index (χ2n) is 0. The molecule has 0 aromatic rings. The Bertz CT molecular complexity index is 30.1. The Hall–Kier alpha value is 6.40. The van der Waals surface area contributed by atoms with Crippen LogP contribution >= 0.6 is 0 Å². The quantitative estimate of drug-likeness (QED) is 0.264. The van der Waals surface area contributed by atoms with E-state index >= 15 is 0 Å². The molecule has 0 saturated heterocycles. The fraction of sp³-hybridized carbons (Fsp3) is 0. The van der Waals surface area contributed by atoms with E-state index in [1.807, 2.05) is 0 Å². The summed E-state index contributed by atoms with van der Waals surface area (Å²) in [4.78, 5) is 0. The molecule has 0 atom stereocenters. The summed E-state index contributed by atoms with van der Waals surface area (Å²) >= 11 is 0. The molecule has 0 aromatic carbocycles. The van der Waals surface area contributed by atoms with E-state index in [0.29, 0.717) is 0 Å². The molecule has 0 aliphatic carbocycles. The van der Waals surface area contributed by atoms with Crippen molar-refractivity contribution in [1.82, 2.24) is 0 Å². The predicted molar refractivity (Wildman–Crippen MR) is 29.5 cm³/mol. The molecule has 0 saturated carbocycles. The maximum absolute atomic E-state index is 0. The van der Waals surface area contributed by atoms with Gasteiger partial charge in [-0.1, -0.05) is 0 Å². The third-order valence-electron chi connectivity index (χ3n) is 0. The summed E-state index contributed by atoms with van der Waals surface area (Å²) in [5.74, 6) is 0. The van der Waals surface area contributed by atoms with Gasteiger partial charge in [0.1, 0.15) is 0 Å². The number of hydrogen-bond donors (Lipinski definition) is 0. The van der Waals surface area contributed by atoms with Gasteiger partial charge in [0, 0.05) is 85.4 Å². The molecule has 0 fully saturated rings. The van der Waals surface area contributed by atoms with E-state index in [4.69, 9.17) is 0 Å². The molecule has 0 rings (SSSR count). The summed E-state index contributed by atoms with van der Waals surface area (Å²) in [5.41, 5.74) is 0. The molecule has 0 bridgehead atoms. The first-order chi connectivity index (χ1) is 0. The normalized spacial score (nSPS) is 0. The van der Waals surface area contributed by atoms with Crippen molar-refractivity contribution in [3.05, 3.63) is 0 Å².